The standard InChI is InChI=1S/C28H34.2C7H16.C3H8.C2H6.CH4/c1-20(2)14-25-18-26(13-12-23(25)5)28(6,19-24-10-8-7-9-11-24)27-16-21(3)15-22(4)17-27;1-6(2)7(3,4)5;1-5-6-7(2,3)4;1-3-2;1-2;/h7-13,15-18,20H,14,19H2,1-6H3;6H,1-5H3;5-6H2,1-4H3;3H2,1-2H3;1-2H3;1H4. The Morgan fingerprint density at radius 2 is 1.08 bits per heavy atom. The molecular formula is C48H84. The first kappa shape index (κ1) is 50.0. The second kappa shape index (κ2) is 24.7. The van der Waals surface area contributed by atoms with E-state index in [1.54, 1.807) is 0 Å². The second-order valence-corrected chi connectivity index (χ2v) is 16.6. The van der Waals surface area contributed by atoms with Crippen LogP contribution in [0.4, 0.5) is 0 Å². The lowest BCUT2D eigenvalue weighted by Gasteiger charge is -2.33. The molecule has 0 saturated heterocycles. The average molecular weight is 661 g/mol. The first-order chi connectivity index (χ1) is 21.7. The normalized spacial score (nSPS) is 12.0. The Hall–Kier alpha value is -2.34. The Morgan fingerprint density at radius 3 is 1.44 bits per heavy atom. The van der Waals surface area contributed by atoms with Gasteiger partial charge in [-0.15, -0.1) is 0 Å². The molecule has 0 amide bonds. The van der Waals surface area contributed by atoms with Crippen LogP contribution in [0, 0.1) is 43.4 Å². The lowest BCUT2D eigenvalue weighted by molar-refractivity contribution is 0.283. The van der Waals surface area contributed by atoms with Gasteiger partial charge in [-0.05, 0) is 90.5 Å². The van der Waals surface area contributed by atoms with E-state index in [9.17, 15) is 0 Å². The summed E-state index contributed by atoms with van der Waals surface area (Å²) in [5, 5.41) is 0. The Bertz CT molecular complexity index is 1180. The number of aryl methyl sites for hydroxylation is 3. The van der Waals surface area contributed by atoms with Crippen LogP contribution in [0.25, 0.3) is 0 Å². The molecule has 0 radical (unpaired) electrons. The molecule has 276 valence electrons. The fourth-order valence-corrected chi connectivity index (χ4v) is 5.09. The summed E-state index contributed by atoms with van der Waals surface area (Å²) in [7, 11) is 0. The molecule has 0 heteroatoms. The van der Waals surface area contributed by atoms with Crippen molar-refractivity contribution in [1.29, 1.82) is 0 Å². The first-order valence-corrected chi connectivity index (χ1v) is 18.9. The minimum absolute atomic E-state index is 0. The SMILES string of the molecule is C.CC.CC(C)C(C)(C)C.CCC.CCCC(C)(C)C.Cc1cc(C)cc(C(C)(Cc2ccccc2)c2ccc(C)c(CC(C)C)c2)c1. The Balaban J connectivity index is -0.000000836. The number of hydrogen-bond donors (Lipinski definition) is 0. The molecule has 0 aliphatic heterocycles. The molecule has 3 aromatic carbocycles. The van der Waals surface area contributed by atoms with Crippen LogP contribution in [0.1, 0.15) is 176 Å². The van der Waals surface area contributed by atoms with E-state index < -0.39 is 0 Å². The van der Waals surface area contributed by atoms with Gasteiger partial charge in [0, 0.05) is 5.41 Å². The van der Waals surface area contributed by atoms with E-state index in [2.05, 4.69) is 184 Å². The monoisotopic (exact) mass is 661 g/mol. The van der Waals surface area contributed by atoms with Gasteiger partial charge in [-0.25, -0.2) is 0 Å². The Morgan fingerprint density at radius 1 is 0.625 bits per heavy atom. The number of rotatable bonds is 7. The third-order valence-corrected chi connectivity index (χ3v) is 8.61. The first-order valence-electron chi connectivity index (χ1n) is 18.9. The van der Waals surface area contributed by atoms with Crippen molar-refractivity contribution < 1.29 is 0 Å². The Labute approximate surface area is 304 Å². The minimum Gasteiger partial charge on any atom is -0.0776 e. The maximum Gasteiger partial charge on any atom is 0.0215 e. The summed E-state index contributed by atoms with van der Waals surface area (Å²) in [6, 6.07) is 25.1. The molecule has 0 bridgehead atoms. The number of hydrogen-bond acceptors (Lipinski definition) is 0. The summed E-state index contributed by atoms with van der Waals surface area (Å²) in [5.74, 6) is 1.46. The van der Waals surface area contributed by atoms with Gasteiger partial charge in [-0.1, -0.05) is 209 Å². The van der Waals surface area contributed by atoms with E-state index >= 15 is 0 Å². The highest BCUT2D eigenvalue weighted by molar-refractivity contribution is 5.46. The van der Waals surface area contributed by atoms with Crippen molar-refractivity contribution in [2.75, 3.05) is 0 Å². The van der Waals surface area contributed by atoms with Crippen molar-refractivity contribution >= 4 is 0 Å². The molecule has 0 aliphatic carbocycles. The van der Waals surface area contributed by atoms with Crippen LogP contribution in [0.2, 0.25) is 0 Å². The van der Waals surface area contributed by atoms with Crippen molar-refractivity contribution in [3.8, 4) is 0 Å². The highest BCUT2D eigenvalue weighted by atomic mass is 14.3. The maximum atomic E-state index is 2.47. The summed E-state index contributed by atoms with van der Waals surface area (Å²) in [5.41, 5.74) is 10.8. The van der Waals surface area contributed by atoms with Crippen molar-refractivity contribution in [2.45, 2.75) is 176 Å². The molecule has 3 rings (SSSR count). The molecule has 0 nitrogen and oxygen atoms in total. The molecule has 1 unspecified atom stereocenters. The van der Waals surface area contributed by atoms with Gasteiger partial charge in [0.2, 0.25) is 0 Å². The largest absolute Gasteiger partial charge is 0.0776 e. The van der Waals surface area contributed by atoms with Crippen molar-refractivity contribution in [3.63, 3.8) is 0 Å². The van der Waals surface area contributed by atoms with Gasteiger partial charge in [0.25, 0.3) is 0 Å². The molecule has 0 saturated carbocycles. The molecule has 0 spiro atoms. The van der Waals surface area contributed by atoms with Crippen LogP contribution in [-0.2, 0) is 18.3 Å². The lowest BCUT2D eigenvalue weighted by atomic mass is 9.70. The van der Waals surface area contributed by atoms with Crippen LogP contribution in [0.15, 0.2) is 66.7 Å². The third-order valence-electron chi connectivity index (χ3n) is 8.61. The van der Waals surface area contributed by atoms with Gasteiger partial charge >= 0.3 is 0 Å². The molecule has 48 heavy (non-hydrogen) atoms. The van der Waals surface area contributed by atoms with Crippen molar-refractivity contribution in [2.24, 2.45) is 22.7 Å². The highest BCUT2D eigenvalue weighted by Gasteiger charge is 2.30. The number of benzene rings is 3. The van der Waals surface area contributed by atoms with Gasteiger partial charge in [0.1, 0.15) is 0 Å². The van der Waals surface area contributed by atoms with Crippen molar-refractivity contribution in [3.05, 3.63) is 106 Å². The third kappa shape index (κ3) is 20.9. The van der Waals surface area contributed by atoms with E-state index in [0.717, 1.165) is 18.8 Å². The molecule has 0 heterocycles. The average Bonchev–Trinajstić information content (AvgIpc) is 2.95. The van der Waals surface area contributed by atoms with Crippen LogP contribution in [0.5, 0.6) is 0 Å². The van der Waals surface area contributed by atoms with E-state index in [4.69, 9.17) is 0 Å². The summed E-state index contributed by atoms with van der Waals surface area (Å²) in [6.45, 7) is 42.3. The predicted molar refractivity (Wildman–Crippen MR) is 225 cm³/mol. The van der Waals surface area contributed by atoms with Crippen LogP contribution in [-0.4, -0.2) is 0 Å². The maximum absolute atomic E-state index is 2.47. The van der Waals surface area contributed by atoms with E-state index in [1.807, 2.05) is 13.8 Å². The predicted octanol–water partition coefficient (Wildman–Crippen LogP) is 16.0. The zero-order chi connectivity index (χ0) is 37.0. The zero-order valence-corrected chi connectivity index (χ0v) is 35.0. The summed E-state index contributed by atoms with van der Waals surface area (Å²) < 4.78 is 0. The molecule has 0 N–H and O–H groups in total. The van der Waals surface area contributed by atoms with E-state index in [0.29, 0.717) is 16.7 Å². The summed E-state index contributed by atoms with van der Waals surface area (Å²) in [4.78, 5) is 0. The molecule has 0 fully saturated rings. The minimum atomic E-state index is -0.0580. The molecule has 0 aromatic heterocycles. The van der Waals surface area contributed by atoms with Gasteiger partial charge in [0.05, 0.1) is 0 Å². The topological polar surface area (TPSA) is 0 Å². The fourth-order valence-electron chi connectivity index (χ4n) is 5.09. The molecule has 3 aromatic rings. The Kier molecular flexibility index (Phi) is 25.8. The second-order valence-electron chi connectivity index (χ2n) is 16.6. The molecule has 0 aliphatic rings. The van der Waals surface area contributed by atoms with Crippen molar-refractivity contribution in [1.82, 2.24) is 0 Å². The van der Waals surface area contributed by atoms with Crippen LogP contribution in [0.3, 0.4) is 0 Å². The smallest absolute Gasteiger partial charge is 0.0215 e. The highest BCUT2D eigenvalue weighted by Crippen LogP contribution is 2.37. The summed E-state index contributed by atoms with van der Waals surface area (Å²) >= 11 is 0. The quantitative estimate of drug-likeness (QED) is 0.237. The van der Waals surface area contributed by atoms with E-state index in [1.165, 1.54) is 58.2 Å². The van der Waals surface area contributed by atoms with Crippen LogP contribution < -0.4 is 0 Å². The molecule has 1 atom stereocenters. The lowest BCUT2D eigenvalue weighted by Crippen LogP contribution is -2.27. The van der Waals surface area contributed by atoms with Gasteiger partial charge in [-0.3, -0.25) is 0 Å². The summed E-state index contributed by atoms with van der Waals surface area (Å²) in [6.07, 6.45) is 6.03. The van der Waals surface area contributed by atoms with Gasteiger partial charge in [-0.2, -0.15) is 0 Å². The van der Waals surface area contributed by atoms with Crippen LogP contribution >= 0.6 is 0 Å². The van der Waals surface area contributed by atoms with Gasteiger partial charge in [0.15, 0.2) is 0 Å². The zero-order valence-electron chi connectivity index (χ0n) is 35.0. The van der Waals surface area contributed by atoms with E-state index in [-0.39, 0.29) is 12.8 Å². The van der Waals surface area contributed by atoms with Gasteiger partial charge < -0.3 is 0 Å². The fraction of sp³-hybridized carbons (Fsp3) is 0.625. The molecular weight excluding hydrogens is 577 g/mol.